The van der Waals surface area contributed by atoms with Gasteiger partial charge in [-0.1, -0.05) is 140 Å². The number of anilines is 3. The van der Waals surface area contributed by atoms with Crippen LogP contribution in [0.3, 0.4) is 0 Å². The molecule has 0 aliphatic heterocycles. The quantitative estimate of drug-likeness (QED) is 0.164. The van der Waals surface area contributed by atoms with Gasteiger partial charge in [0.15, 0.2) is 11.2 Å². The van der Waals surface area contributed by atoms with E-state index in [0.29, 0.717) is 5.89 Å². The minimum Gasteiger partial charge on any atom is -0.454 e. The zero-order chi connectivity index (χ0) is 37.7. The van der Waals surface area contributed by atoms with E-state index < -0.39 is 0 Å². The Hall–Kier alpha value is -7.69. The van der Waals surface area contributed by atoms with Crippen molar-refractivity contribution in [3.63, 3.8) is 0 Å². The highest BCUT2D eigenvalue weighted by Gasteiger charge is 2.22. The number of furan rings is 1. The summed E-state index contributed by atoms with van der Waals surface area (Å²) in [5.74, 6) is 0.616. The lowest BCUT2D eigenvalue weighted by atomic mass is 9.99. The van der Waals surface area contributed by atoms with Crippen LogP contribution in [0.1, 0.15) is 0 Å². The molecule has 0 fully saturated rings. The maximum Gasteiger partial charge on any atom is 0.227 e. The molecule has 0 bridgehead atoms. The molecule has 0 amide bonds. The molecule has 2 aromatic heterocycles. The van der Waals surface area contributed by atoms with Crippen molar-refractivity contribution >= 4 is 60.9 Å². The third kappa shape index (κ3) is 5.83. The van der Waals surface area contributed by atoms with E-state index in [1.54, 1.807) is 0 Å². The van der Waals surface area contributed by atoms with Crippen LogP contribution in [0, 0.1) is 0 Å². The van der Waals surface area contributed by atoms with Crippen molar-refractivity contribution in [2.75, 3.05) is 4.90 Å². The second-order valence-corrected chi connectivity index (χ2v) is 14.4. The minimum absolute atomic E-state index is 0.616. The molecule has 0 spiro atoms. The van der Waals surface area contributed by atoms with Crippen molar-refractivity contribution in [3.8, 4) is 44.8 Å². The largest absolute Gasteiger partial charge is 0.454 e. The molecule has 0 unspecified atom stereocenters. The Kier molecular flexibility index (Phi) is 7.78. The molecule has 4 nitrogen and oxygen atoms in total. The first-order valence-corrected chi connectivity index (χ1v) is 19.2. The van der Waals surface area contributed by atoms with Crippen LogP contribution < -0.4 is 4.90 Å². The molecule has 0 aliphatic carbocycles. The molecule has 0 aliphatic rings. The third-order valence-electron chi connectivity index (χ3n) is 10.9. The highest BCUT2D eigenvalue weighted by molar-refractivity contribution is 6.23. The van der Waals surface area contributed by atoms with Crippen LogP contribution in [0.5, 0.6) is 0 Å². The molecule has 0 N–H and O–H groups in total. The number of oxazole rings is 1. The molecule has 2 heterocycles. The van der Waals surface area contributed by atoms with Crippen LogP contribution in [-0.4, -0.2) is 4.98 Å². The van der Waals surface area contributed by atoms with Gasteiger partial charge in [0.1, 0.15) is 11.1 Å². The van der Waals surface area contributed by atoms with Crippen molar-refractivity contribution in [1.29, 1.82) is 0 Å². The van der Waals surface area contributed by atoms with Crippen LogP contribution in [0.2, 0.25) is 0 Å². The van der Waals surface area contributed by atoms with Crippen molar-refractivity contribution in [3.05, 3.63) is 206 Å². The number of aromatic nitrogens is 1. The Bertz CT molecular complexity index is 3200. The van der Waals surface area contributed by atoms with Crippen LogP contribution in [0.4, 0.5) is 17.1 Å². The zero-order valence-corrected chi connectivity index (χ0v) is 30.8. The van der Waals surface area contributed by atoms with E-state index in [-0.39, 0.29) is 0 Å². The fraction of sp³-hybridized carbons (Fsp3) is 0. The van der Waals surface area contributed by atoms with E-state index in [1.807, 2.05) is 36.4 Å². The second-order valence-electron chi connectivity index (χ2n) is 14.4. The lowest BCUT2D eigenvalue weighted by molar-refractivity contribution is 0.620. The molecule has 0 saturated carbocycles. The van der Waals surface area contributed by atoms with Crippen molar-refractivity contribution < 1.29 is 8.83 Å². The van der Waals surface area contributed by atoms with Gasteiger partial charge in [-0.25, -0.2) is 4.98 Å². The third-order valence-corrected chi connectivity index (χ3v) is 10.9. The van der Waals surface area contributed by atoms with E-state index in [4.69, 9.17) is 13.8 Å². The summed E-state index contributed by atoms with van der Waals surface area (Å²) < 4.78 is 13.1. The van der Waals surface area contributed by atoms with E-state index in [1.165, 1.54) is 16.7 Å². The maximum atomic E-state index is 6.99. The summed E-state index contributed by atoms with van der Waals surface area (Å²) in [6, 6.07) is 72.2. The first-order valence-electron chi connectivity index (χ1n) is 19.2. The summed E-state index contributed by atoms with van der Waals surface area (Å²) in [5, 5.41) is 4.47. The Morgan fingerprint density at radius 3 is 1.63 bits per heavy atom. The normalized spacial score (nSPS) is 11.5. The van der Waals surface area contributed by atoms with E-state index in [2.05, 4.69) is 175 Å². The number of fused-ring (bicyclic) bond motifs is 6. The molecular weight excluding hydrogens is 697 g/mol. The highest BCUT2D eigenvalue weighted by atomic mass is 16.3. The Morgan fingerprint density at radius 1 is 0.368 bits per heavy atom. The number of nitrogens with zero attached hydrogens (tertiary/aromatic N) is 2. The number of para-hydroxylation sites is 1. The van der Waals surface area contributed by atoms with Crippen LogP contribution in [-0.2, 0) is 0 Å². The summed E-state index contributed by atoms with van der Waals surface area (Å²) >= 11 is 0. The van der Waals surface area contributed by atoms with Gasteiger partial charge < -0.3 is 13.7 Å². The monoisotopic (exact) mass is 730 g/mol. The van der Waals surface area contributed by atoms with Gasteiger partial charge in [-0.15, -0.1) is 0 Å². The van der Waals surface area contributed by atoms with Crippen molar-refractivity contribution in [2.45, 2.75) is 0 Å². The standard InChI is InChI=1S/C53H34N2O2/c1-4-12-35(13-5-1)36-20-22-37(23-21-36)38-24-28-44(29-25-38)55(43-17-8-3-9-18-43)48-33-42-16-10-11-19-45(42)51-46-30-26-41(34-50(46)56-52(48)51)40-27-31-49-47(32-40)54-53(57-49)39-14-6-2-7-15-39/h1-34H. The van der Waals surface area contributed by atoms with E-state index in [9.17, 15) is 0 Å². The summed E-state index contributed by atoms with van der Waals surface area (Å²) in [7, 11) is 0. The molecule has 57 heavy (non-hydrogen) atoms. The number of hydrogen-bond donors (Lipinski definition) is 0. The molecule has 268 valence electrons. The van der Waals surface area contributed by atoms with Crippen molar-refractivity contribution in [1.82, 2.24) is 4.98 Å². The predicted octanol–water partition coefficient (Wildman–Crippen LogP) is 15.0. The lowest BCUT2D eigenvalue weighted by Crippen LogP contribution is -2.10. The number of benzene rings is 9. The van der Waals surface area contributed by atoms with Gasteiger partial charge in [0, 0.05) is 27.7 Å². The van der Waals surface area contributed by atoms with Crippen LogP contribution in [0.15, 0.2) is 215 Å². The average molecular weight is 731 g/mol. The first-order chi connectivity index (χ1) is 28.2. The molecular formula is C53H34N2O2. The molecule has 9 aromatic carbocycles. The van der Waals surface area contributed by atoms with Gasteiger partial charge in [0.2, 0.25) is 5.89 Å². The van der Waals surface area contributed by atoms with Crippen LogP contribution >= 0.6 is 0 Å². The van der Waals surface area contributed by atoms with Gasteiger partial charge >= 0.3 is 0 Å². The SMILES string of the molecule is c1ccc(-c2ccc(-c3ccc(N(c4ccccc4)c4cc5ccccc5c5c4oc4cc(-c6ccc7oc(-c8ccccc8)nc7c6)ccc45)cc3)cc2)cc1. The molecule has 0 radical (unpaired) electrons. The first kappa shape index (κ1) is 32.7. The van der Waals surface area contributed by atoms with Gasteiger partial charge in [-0.3, -0.25) is 0 Å². The Balaban J connectivity index is 1.02. The number of hydrogen-bond acceptors (Lipinski definition) is 4. The van der Waals surface area contributed by atoms with E-state index in [0.717, 1.165) is 83.1 Å². The average Bonchev–Trinajstić information content (AvgIpc) is 3.90. The fourth-order valence-corrected chi connectivity index (χ4v) is 8.06. The molecule has 11 rings (SSSR count). The number of rotatable bonds is 7. The second kappa shape index (κ2) is 13.6. The topological polar surface area (TPSA) is 42.4 Å². The smallest absolute Gasteiger partial charge is 0.227 e. The molecule has 0 saturated heterocycles. The minimum atomic E-state index is 0.616. The summed E-state index contributed by atoms with van der Waals surface area (Å²) in [4.78, 5) is 7.14. The molecule has 4 heteroatoms. The van der Waals surface area contributed by atoms with Crippen LogP contribution in [0.25, 0.3) is 88.6 Å². The predicted molar refractivity (Wildman–Crippen MR) is 235 cm³/mol. The molecule has 0 atom stereocenters. The van der Waals surface area contributed by atoms with Gasteiger partial charge in [0.05, 0.1) is 5.69 Å². The Labute approximate surface area is 329 Å². The van der Waals surface area contributed by atoms with Crippen molar-refractivity contribution in [2.24, 2.45) is 0 Å². The van der Waals surface area contributed by atoms with Gasteiger partial charge in [0.25, 0.3) is 0 Å². The lowest BCUT2D eigenvalue weighted by Gasteiger charge is -2.26. The highest BCUT2D eigenvalue weighted by Crippen LogP contribution is 2.46. The fourth-order valence-electron chi connectivity index (χ4n) is 8.06. The van der Waals surface area contributed by atoms with Gasteiger partial charge in [-0.05, 0) is 111 Å². The summed E-state index contributed by atoms with van der Waals surface area (Å²) in [6.45, 7) is 0. The zero-order valence-electron chi connectivity index (χ0n) is 30.8. The maximum absolute atomic E-state index is 6.99. The summed E-state index contributed by atoms with van der Waals surface area (Å²) in [5.41, 5.74) is 14.1. The molecule has 11 aromatic rings. The Morgan fingerprint density at radius 2 is 0.912 bits per heavy atom. The van der Waals surface area contributed by atoms with Gasteiger partial charge in [-0.2, -0.15) is 0 Å². The summed E-state index contributed by atoms with van der Waals surface area (Å²) in [6.07, 6.45) is 0. The van der Waals surface area contributed by atoms with E-state index >= 15 is 0 Å².